The second-order valence-electron chi connectivity index (χ2n) is 8.46. The Bertz CT molecular complexity index is 978. The van der Waals surface area contributed by atoms with Crippen LogP contribution in [-0.2, 0) is 19.4 Å². The summed E-state index contributed by atoms with van der Waals surface area (Å²) in [6, 6.07) is 21.2. The number of benzene rings is 2. The average Bonchev–Trinajstić information content (AvgIpc) is 3.16. The SMILES string of the molecule is C[C@H](NCCC(O)/C=C/c1nn(Cc2ccccc2)c2c1CCCC2)c1ccccc1. The fraction of sp³-hybridized carbons (Fsp3) is 0.370. The summed E-state index contributed by atoms with van der Waals surface area (Å²) in [4.78, 5) is 0. The second-order valence-corrected chi connectivity index (χ2v) is 8.46. The molecule has 0 radical (unpaired) electrons. The van der Waals surface area contributed by atoms with Gasteiger partial charge in [-0.1, -0.05) is 66.7 Å². The zero-order valence-corrected chi connectivity index (χ0v) is 18.4. The maximum Gasteiger partial charge on any atom is 0.0883 e. The van der Waals surface area contributed by atoms with Crippen molar-refractivity contribution in [2.75, 3.05) is 6.54 Å². The molecule has 4 nitrogen and oxygen atoms in total. The molecule has 1 aliphatic rings. The highest BCUT2D eigenvalue weighted by atomic mass is 16.3. The van der Waals surface area contributed by atoms with Gasteiger partial charge in [0.05, 0.1) is 18.3 Å². The van der Waals surface area contributed by atoms with E-state index in [9.17, 15) is 5.11 Å². The second kappa shape index (κ2) is 10.6. The molecule has 4 rings (SSSR count). The van der Waals surface area contributed by atoms with Gasteiger partial charge in [0.25, 0.3) is 0 Å². The van der Waals surface area contributed by atoms with Crippen molar-refractivity contribution in [3.8, 4) is 0 Å². The smallest absolute Gasteiger partial charge is 0.0883 e. The molecule has 2 atom stereocenters. The maximum absolute atomic E-state index is 10.5. The van der Waals surface area contributed by atoms with E-state index >= 15 is 0 Å². The third-order valence-electron chi connectivity index (χ3n) is 6.13. The number of nitrogens with zero attached hydrogens (tertiary/aromatic N) is 2. The van der Waals surface area contributed by atoms with Crippen molar-refractivity contribution in [2.45, 2.75) is 57.7 Å². The summed E-state index contributed by atoms with van der Waals surface area (Å²) in [6.07, 6.45) is 8.74. The van der Waals surface area contributed by atoms with E-state index in [1.54, 1.807) is 0 Å². The molecule has 0 amide bonds. The van der Waals surface area contributed by atoms with Crippen LogP contribution in [-0.4, -0.2) is 27.5 Å². The number of hydrogen-bond acceptors (Lipinski definition) is 3. The molecular weight excluding hydrogens is 382 g/mol. The monoisotopic (exact) mass is 415 g/mol. The van der Waals surface area contributed by atoms with Gasteiger partial charge in [0.15, 0.2) is 0 Å². The molecule has 3 aromatic rings. The molecule has 0 spiro atoms. The number of nitrogens with one attached hydrogen (secondary N) is 1. The van der Waals surface area contributed by atoms with Gasteiger partial charge < -0.3 is 10.4 Å². The van der Waals surface area contributed by atoms with Gasteiger partial charge in [-0.25, -0.2) is 0 Å². The standard InChI is InChI=1S/C27H33N3O/c1-21(23-12-6-3-7-13-23)28-19-18-24(31)16-17-26-25-14-8-9-15-27(25)30(29-26)20-22-10-4-2-5-11-22/h2-7,10-13,16-17,21,24,28,31H,8-9,14-15,18-20H2,1H3/b17-16+/t21-,24?/m0/s1. The highest BCUT2D eigenvalue weighted by molar-refractivity contribution is 5.52. The first kappa shape index (κ1) is 21.5. The topological polar surface area (TPSA) is 50.1 Å². The zero-order chi connectivity index (χ0) is 21.5. The van der Waals surface area contributed by atoms with E-state index in [-0.39, 0.29) is 6.04 Å². The molecule has 2 aromatic carbocycles. The van der Waals surface area contributed by atoms with Gasteiger partial charge in [0.2, 0.25) is 0 Å². The highest BCUT2D eigenvalue weighted by Crippen LogP contribution is 2.26. The van der Waals surface area contributed by atoms with E-state index in [1.165, 1.54) is 35.2 Å². The third-order valence-corrected chi connectivity index (χ3v) is 6.13. The van der Waals surface area contributed by atoms with Crippen LogP contribution in [0.3, 0.4) is 0 Å². The van der Waals surface area contributed by atoms with Crippen LogP contribution in [0.15, 0.2) is 66.7 Å². The Kier molecular flexibility index (Phi) is 7.34. The molecule has 0 saturated carbocycles. The van der Waals surface area contributed by atoms with Crippen LogP contribution in [0.5, 0.6) is 0 Å². The van der Waals surface area contributed by atoms with Crippen molar-refractivity contribution in [1.29, 1.82) is 0 Å². The highest BCUT2D eigenvalue weighted by Gasteiger charge is 2.19. The van der Waals surface area contributed by atoms with Crippen molar-refractivity contribution in [3.63, 3.8) is 0 Å². The molecular formula is C27H33N3O. The van der Waals surface area contributed by atoms with Crippen LogP contribution in [0.1, 0.15) is 60.3 Å². The van der Waals surface area contributed by atoms with Crippen molar-refractivity contribution in [2.24, 2.45) is 0 Å². The van der Waals surface area contributed by atoms with E-state index in [4.69, 9.17) is 5.10 Å². The quantitative estimate of drug-likeness (QED) is 0.521. The summed E-state index contributed by atoms with van der Waals surface area (Å²) >= 11 is 0. The predicted molar refractivity (Wildman–Crippen MR) is 127 cm³/mol. The van der Waals surface area contributed by atoms with Gasteiger partial charge in [0, 0.05) is 17.3 Å². The van der Waals surface area contributed by atoms with Crippen LogP contribution in [0.25, 0.3) is 6.08 Å². The Morgan fingerprint density at radius 1 is 1.03 bits per heavy atom. The van der Waals surface area contributed by atoms with Crippen molar-refractivity contribution < 1.29 is 5.11 Å². The molecule has 0 fully saturated rings. The third kappa shape index (κ3) is 5.72. The summed E-state index contributed by atoms with van der Waals surface area (Å²) in [7, 11) is 0. The zero-order valence-electron chi connectivity index (χ0n) is 18.4. The fourth-order valence-corrected chi connectivity index (χ4v) is 4.33. The number of aliphatic hydroxyl groups is 1. The average molecular weight is 416 g/mol. The van der Waals surface area contributed by atoms with Crippen LogP contribution in [0, 0.1) is 0 Å². The maximum atomic E-state index is 10.5. The minimum absolute atomic E-state index is 0.276. The van der Waals surface area contributed by atoms with Gasteiger partial charge in [0.1, 0.15) is 0 Å². The molecule has 1 heterocycles. The van der Waals surface area contributed by atoms with Gasteiger partial charge in [-0.15, -0.1) is 0 Å². The molecule has 162 valence electrons. The normalized spacial score (nSPS) is 15.7. The molecule has 1 aromatic heterocycles. The summed E-state index contributed by atoms with van der Waals surface area (Å²) in [6.45, 7) is 3.73. The largest absolute Gasteiger partial charge is 0.389 e. The van der Waals surface area contributed by atoms with Gasteiger partial charge in [-0.3, -0.25) is 4.68 Å². The first-order chi connectivity index (χ1) is 15.2. The molecule has 2 N–H and O–H groups in total. The number of rotatable bonds is 9. The van der Waals surface area contributed by atoms with E-state index in [2.05, 4.69) is 65.5 Å². The molecule has 1 unspecified atom stereocenters. The molecule has 0 aliphatic heterocycles. The Balaban J connectivity index is 1.36. The Morgan fingerprint density at radius 2 is 1.74 bits per heavy atom. The van der Waals surface area contributed by atoms with Gasteiger partial charge in [-0.05, 0) is 62.8 Å². The molecule has 31 heavy (non-hydrogen) atoms. The van der Waals surface area contributed by atoms with E-state index < -0.39 is 6.10 Å². The van der Waals surface area contributed by atoms with Crippen LogP contribution >= 0.6 is 0 Å². The molecule has 0 bridgehead atoms. The summed E-state index contributed by atoms with van der Waals surface area (Å²) < 4.78 is 2.17. The molecule has 1 aliphatic carbocycles. The lowest BCUT2D eigenvalue weighted by atomic mass is 9.95. The first-order valence-corrected chi connectivity index (χ1v) is 11.5. The van der Waals surface area contributed by atoms with Crippen molar-refractivity contribution >= 4 is 6.08 Å². The first-order valence-electron chi connectivity index (χ1n) is 11.5. The van der Waals surface area contributed by atoms with E-state index in [0.717, 1.165) is 31.6 Å². The Hall–Kier alpha value is -2.69. The van der Waals surface area contributed by atoms with Crippen LogP contribution in [0.2, 0.25) is 0 Å². The Morgan fingerprint density at radius 3 is 2.52 bits per heavy atom. The fourth-order valence-electron chi connectivity index (χ4n) is 4.33. The number of aliphatic hydroxyl groups excluding tert-OH is 1. The van der Waals surface area contributed by atoms with Gasteiger partial charge >= 0.3 is 0 Å². The Labute approximate surface area is 185 Å². The predicted octanol–water partition coefficient (Wildman–Crippen LogP) is 4.93. The number of aromatic nitrogens is 2. The summed E-state index contributed by atoms with van der Waals surface area (Å²) in [5.74, 6) is 0. The van der Waals surface area contributed by atoms with Crippen LogP contribution in [0.4, 0.5) is 0 Å². The number of hydrogen-bond donors (Lipinski definition) is 2. The van der Waals surface area contributed by atoms with Crippen LogP contribution < -0.4 is 5.32 Å². The van der Waals surface area contributed by atoms with Crippen molar-refractivity contribution in [1.82, 2.24) is 15.1 Å². The van der Waals surface area contributed by atoms with E-state index in [1.807, 2.05) is 24.3 Å². The lowest BCUT2D eigenvalue weighted by molar-refractivity contribution is 0.211. The van der Waals surface area contributed by atoms with Gasteiger partial charge in [-0.2, -0.15) is 5.10 Å². The summed E-state index contributed by atoms with van der Waals surface area (Å²) in [5.41, 5.74) is 6.29. The van der Waals surface area contributed by atoms with E-state index in [0.29, 0.717) is 6.42 Å². The lowest BCUT2D eigenvalue weighted by Gasteiger charge is -2.15. The minimum Gasteiger partial charge on any atom is -0.389 e. The molecule has 4 heteroatoms. The summed E-state index contributed by atoms with van der Waals surface area (Å²) in [5, 5.41) is 18.9. The number of fused-ring (bicyclic) bond motifs is 1. The lowest BCUT2D eigenvalue weighted by Crippen LogP contribution is -2.22. The minimum atomic E-state index is -0.478. The molecule has 0 saturated heterocycles. The van der Waals surface area contributed by atoms with Crippen molar-refractivity contribution in [3.05, 3.63) is 94.8 Å².